The molecule has 0 aromatic heterocycles. The van der Waals surface area contributed by atoms with E-state index in [1.807, 2.05) is 0 Å². The highest BCUT2D eigenvalue weighted by Crippen LogP contribution is 2.30. The van der Waals surface area contributed by atoms with Crippen molar-refractivity contribution < 1.29 is 0 Å². The number of hydrogen-bond donors (Lipinski definition) is 0. The van der Waals surface area contributed by atoms with E-state index in [1.165, 1.54) is 54.3 Å². The average molecular weight is 345 g/mol. The van der Waals surface area contributed by atoms with Crippen LogP contribution in [0.25, 0.3) is 32.7 Å². The molecule has 0 bridgehead atoms. The van der Waals surface area contributed by atoms with Crippen LogP contribution in [0, 0.1) is 0 Å². The number of rotatable bonds is 2. The SMILES string of the molecule is CC(C)=c1ccc2cc3c(C(C)C)c(=C(C)C)ccc3cc2c1C(C)C. The third-order valence-corrected chi connectivity index (χ3v) is 5.47. The zero-order valence-electron chi connectivity index (χ0n) is 17.6. The standard InChI is InChI=1S/C26H32/c1-15(2)21-11-9-19-14-24-20(13-23(19)25(21)17(5)6)10-12-22(16(3)4)26(24)18(7)8/h9-14,17-18H,1-8H3. The van der Waals surface area contributed by atoms with Gasteiger partial charge in [0.25, 0.3) is 0 Å². The molecule has 0 N–H and O–H groups in total. The van der Waals surface area contributed by atoms with E-state index in [9.17, 15) is 0 Å². The first-order valence-electron chi connectivity index (χ1n) is 9.86. The van der Waals surface area contributed by atoms with Crippen LogP contribution in [0.1, 0.15) is 78.4 Å². The predicted octanol–water partition coefficient (Wildman–Crippen LogP) is 6.62. The van der Waals surface area contributed by atoms with Gasteiger partial charge in [-0.15, -0.1) is 0 Å². The summed E-state index contributed by atoms with van der Waals surface area (Å²) < 4.78 is 0. The van der Waals surface area contributed by atoms with E-state index in [0.717, 1.165) is 0 Å². The molecule has 3 aromatic carbocycles. The van der Waals surface area contributed by atoms with Gasteiger partial charge in [-0.3, -0.25) is 0 Å². The lowest BCUT2D eigenvalue weighted by atomic mass is 9.87. The van der Waals surface area contributed by atoms with E-state index < -0.39 is 0 Å². The summed E-state index contributed by atoms with van der Waals surface area (Å²) in [6, 6.07) is 14.1. The Morgan fingerprint density at radius 1 is 0.577 bits per heavy atom. The van der Waals surface area contributed by atoms with Gasteiger partial charge in [0.1, 0.15) is 0 Å². The first kappa shape index (κ1) is 18.7. The molecule has 0 saturated heterocycles. The van der Waals surface area contributed by atoms with E-state index in [0.29, 0.717) is 11.8 Å². The maximum absolute atomic E-state index is 2.42. The van der Waals surface area contributed by atoms with Crippen molar-refractivity contribution in [1.82, 2.24) is 0 Å². The summed E-state index contributed by atoms with van der Waals surface area (Å²) in [5.74, 6) is 1.02. The molecule has 26 heavy (non-hydrogen) atoms. The average Bonchev–Trinajstić information content (AvgIpc) is 2.56. The number of fused-ring (bicyclic) bond motifs is 2. The summed E-state index contributed by atoms with van der Waals surface area (Å²) in [5, 5.41) is 8.35. The van der Waals surface area contributed by atoms with Gasteiger partial charge in [-0.1, -0.05) is 63.1 Å². The van der Waals surface area contributed by atoms with Crippen LogP contribution in [0.15, 0.2) is 36.4 Å². The highest BCUT2D eigenvalue weighted by molar-refractivity contribution is 6.01. The molecule has 0 aliphatic rings. The van der Waals surface area contributed by atoms with Crippen molar-refractivity contribution in [3.8, 4) is 0 Å². The minimum atomic E-state index is 0.510. The monoisotopic (exact) mass is 344 g/mol. The van der Waals surface area contributed by atoms with Crippen LogP contribution in [0.3, 0.4) is 0 Å². The van der Waals surface area contributed by atoms with Gasteiger partial charge in [0.2, 0.25) is 0 Å². The molecule has 0 radical (unpaired) electrons. The maximum Gasteiger partial charge on any atom is -0.0137 e. The summed E-state index contributed by atoms with van der Waals surface area (Å²) in [4.78, 5) is 0. The van der Waals surface area contributed by atoms with Crippen LogP contribution >= 0.6 is 0 Å². The fourth-order valence-electron chi connectivity index (χ4n) is 4.31. The maximum atomic E-state index is 2.42. The molecule has 0 heteroatoms. The van der Waals surface area contributed by atoms with Crippen molar-refractivity contribution in [3.05, 3.63) is 58.0 Å². The second kappa shape index (κ2) is 6.91. The van der Waals surface area contributed by atoms with Crippen molar-refractivity contribution in [2.75, 3.05) is 0 Å². The van der Waals surface area contributed by atoms with E-state index >= 15 is 0 Å². The Morgan fingerprint density at radius 2 is 0.923 bits per heavy atom. The Balaban J connectivity index is 2.56. The van der Waals surface area contributed by atoms with Gasteiger partial charge in [-0.2, -0.15) is 0 Å². The van der Waals surface area contributed by atoms with Crippen molar-refractivity contribution in [2.24, 2.45) is 0 Å². The number of hydrogen-bond acceptors (Lipinski definition) is 0. The first-order chi connectivity index (χ1) is 12.2. The lowest BCUT2D eigenvalue weighted by Gasteiger charge is -2.17. The first-order valence-corrected chi connectivity index (χ1v) is 9.86. The van der Waals surface area contributed by atoms with Crippen molar-refractivity contribution in [2.45, 2.75) is 67.2 Å². The van der Waals surface area contributed by atoms with Crippen molar-refractivity contribution >= 4 is 32.7 Å². The Hall–Kier alpha value is -2.08. The summed E-state index contributed by atoms with van der Waals surface area (Å²) >= 11 is 0. The summed E-state index contributed by atoms with van der Waals surface area (Å²) in [5.41, 5.74) is 5.76. The van der Waals surface area contributed by atoms with Crippen molar-refractivity contribution in [1.29, 1.82) is 0 Å². The highest BCUT2D eigenvalue weighted by atomic mass is 14.2. The molecule has 0 spiro atoms. The fraction of sp³-hybridized carbons (Fsp3) is 0.385. The molecule has 3 aromatic rings. The molecule has 3 rings (SSSR count). The predicted molar refractivity (Wildman–Crippen MR) is 118 cm³/mol. The molecule has 136 valence electrons. The minimum absolute atomic E-state index is 0.510. The lowest BCUT2D eigenvalue weighted by molar-refractivity contribution is 0.866. The van der Waals surface area contributed by atoms with Gasteiger partial charge in [0, 0.05) is 0 Å². The second-order valence-electron chi connectivity index (χ2n) is 8.66. The quantitative estimate of drug-likeness (QED) is 0.458. The zero-order chi connectivity index (χ0) is 19.2. The number of benzene rings is 3. The third kappa shape index (κ3) is 3.07. The molecule has 0 amide bonds. The molecular formula is C26H32. The van der Waals surface area contributed by atoms with Crippen molar-refractivity contribution in [3.63, 3.8) is 0 Å². The normalized spacial score (nSPS) is 11.8. The molecule has 0 unspecified atom stereocenters. The molecule has 0 atom stereocenters. The summed E-state index contributed by atoms with van der Waals surface area (Å²) in [6.07, 6.45) is 0. The molecule has 0 heterocycles. The topological polar surface area (TPSA) is 0 Å². The molecule has 0 saturated carbocycles. The van der Waals surface area contributed by atoms with Gasteiger partial charge in [-0.05, 0) is 94.8 Å². The molecule has 0 nitrogen and oxygen atoms in total. The van der Waals surface area contributed by atoms with Gasteiger partial charge >= 0.3 is 0 Å². The fourth-order valence-corrected chi connectivity index (χ4v) is 4.31. The van der Waals surface area contributed by atoms with E-state index in [2.05, 4.69) is 91.8 Å². The van der Waals surface area contributed by atoms with Crippen LogP contribution in [0.4, 0.5) is 0 Å². The largest absolute Gasteiger partial charge is 0.0689 e. The van der Waals surface area contributed by atoms with E-state index in [-0.39, 0.29) is 0 Å². The van der Waals surface area contributed by atoms with E-state index in [4.69, 9.17) is 0 Å². The second-order valence-corrected chi connectivity index (χ2v) is 8.66. The van der Waals surface area contributed by atoms with Gasteiger partial charge in [0.05, 0.1) is 0 Å². The van der Waals surface area contributed by atoms with Gasteiger partial charge in [-0.25, -0.2) is 0 Å². The van der Waals surface area contributed by atoms with Crippen LogP contribution < -0.4 is 10.4 Å². The van der Waals surface area contributed by atoms with Crippen LogP contribution in [-0.2, 0) is 0 Å². The molecular weight excluding hydrogens is 312 g/mol. The Bertz CT molecular complexity index is 1010. The summed E-state index contributed by atoms with van der Waals surface area (Å²) in [6.45, 7) is 18.1. The zero-order valence-corrected chi connectivity index (χ0v) is 17.6. The van der Waals surface area contributed by atoms with Gasteiger partial charge < -0.3 is 0 Å². The highest BCUT2D eigenvalue weighted by Gasteiger charge is 2.13. The lowest BCUT2D eigenvalue weighted by Crippen LogP contribution is -2.14. The van der Waals surface area contributed by atoms with Crippen LogP contribution in [-0.4, -0.2) is 0 Å². The van der Waals surface area contributed by atoms with Crippen LogP contribution in [0.2, 0.25) is 0 Å². The molecule has 0 aliphatic heterocycles. The molecule has 0 fully saturated rings. The van der Waals surface area contributed by atoms with E-state index in [1.54, 1.807) is 0 Å². The molecule has 0 aliphatic carbocycles. The third-order valence-electron chi connectivity index (χ3n) is 5.47. The minimum Gasteiger partial charge on any atom is -0.0689 e. The Kier molecular flexibility index (Phi) is 4.97. The summed E-state index contributed by atoms with van der Waals surface area (Å²) in [7, 11) is 0. The smallest absolute Gasteiger partial charge is 0.0137 e. The van der Waals surface area contributed by atoms with Crippen LogP contribution in [0.5, 0.6) is 0 Å². The Morgan fingerprint density at radius 3 is 1.19 bits per heavy atom. The van der Waals surface area contributed by atoms with Gasteiger partial charge in [0.15, 0.2) is 0 Å². The Labute approximate surface area is 158 Å².